The molecule has 0 fully saturated rings. The number of nitrogens with zero attached hydrogens (tertiary/aromatic N) is 1. The molecule has 0 bridgehead atoms. The zero-order valence-corrected chi connectivity index (χ0v) is 13.9. The van der Waals surface area contributed by atoms with Crippen LogP contribution in [0.15, 0.2) is 0 Å². The highest BCUT2D eigenvalue weighted by atomic mass is 16.5. The molecule has 0 saturated carbocycles. The molecule has 0 aliphatic carbocycles. The average molecular weight is 275 g/mol. The second kappa shape index (κ2) is 8.90. The molecule has 0 radical (unpaired) electrons. The van der Waals surface area contributed by atoms with Gasteiger partial charge in [0.2, 0.25) is 0 Å². The molecule has 0 saturated heterocycles. The van der Waals surface area contributed by atoms with Crippen LogP contribution in [0.25, 0.3) is 0 Å². The summed E-state index contributed by atoms with van der Waals surface area (Å²) in [6.45, 7) is 14.5. The van der Waals surface area contributed by atoms with Crippen LogP contribution in [0.3, 0.4) is 0 Å². The highest BCUT2D eigenvalue weighted by molar-refractivity contribution is 4.70. The third-order valence-electron chi connectivity index (χ3n) is 2.88. The lowest BCUT2D eigenvalue weighted by Crippen LogP contribution is -2.34. The van der Waals surface area contributed by atoms with Gasteiger partial charge in [-0.2, -0.15) is 0 Å². The molecule has 116 valence electrons. The van der Waals surface area contributed by atoms with Gasteiger partial charge in [0, 0.05) is 20.2 Å². The van der Waals surface area contributed by atoms with Crippen molar-refractivity contribution in [2.24, 2.45) is 0 Å². The molecule has 0 aromatic rings. The highest BCUT2D eigenvalue weighted by Gasteiger charge is 2.19. The molecule has 0 amide bonds. The summed E-state index contributed by atoms with van der Waals surface area (Å²) >= 11 is 0. The van der Waals surface area contributed by atoms with Gasteiger partial charge in [-0.25, -0.2) is 0 Å². The van der Waals surface area contributed by atoms with Crippen LogP contribution in [0, 0.1) is 0 Å². The third-order valence-corrected chi connectivity index (χ3v) is 2.88. The van der Waals surface area contributed by atoms with Crippen molar-refractivity contribution in [2.75, 3.05) is 47.1 Å². The van der Waals surface area contributed by atoms with Crippen LogP contribution in [-0.2, 0) is 14.2 Å². The summed E-state index contributed by atoms with van der Waals surface area (Å²) in [5, 5.41) is 0. The molecule has 4 heteroatoms. The van der Waals surface area contributed by atoms with Crippen LogP contribution in [0.5, 0.6) is 0 Å². The normalized spacial score (nSPS) is 13.3. The zero-order valence-electron chi connectivity index (χ0n) is 13.9. The van der Waals surface area contributed by atoms with Crippen molar-refractivity contribution in [3.05, 3.63) is 0 Å². The van der Waals surface area contributed by atoms with Crippen molar-refractivity contribution < 1.29 is 14.2 Å². The summed E-state index contributed by atoms with van der Waals surface area (Å²) in [4.78, 5) is 2.28. The molecule has 0 aromatic heterocycles. The Balaban J connectivity index is 3.73. The highest BCUT2D eigenvalue weighted by Crippen LogP contribution is 2.14. The first-order valence-electron chi connectivity index (χ1n) is 7.12. The average Bonchev–Trinajstić information content (AvgIpc) is 2.25. The summed E-state index contributed by atoms with van der Waals surface area (Å²) in [7, 11) is 3.82. The Hall–Kier alpha value is -0.160. The summed E-state index contributed by atoms with van der Waals surface area (Å²) in [6.07, 6.45) is 1.00. The molecule has 0 atom stereocenters. The van der Waals surface area contributed by atoms with Gasteiger partial charge in [-0.3, -0.25) is 0 Å². The molecule has 0 heterocycles. The van der Waals surface area contributed by atoms with E-state index in [0.29, 0.717) is 13.2 Å². The lowest BCUT2D eigenvalue weighted by Gasteiger charge is -2.28. The van der Waals surface area contributed by atoms with Crippen molar-refractivity contribution >= 4 is 0 Å². The molecule has 4 nitrogen and oxygen atoms in total. The maximum Gasteiger partial charge on any atom is 0.0707 e. The van der Waals surface area contributed by atoms with Gasteiger partial charge < -0.3 is 19.1 Å². The number of hydrogen-bond acceptors (Lipinski definition) is 4. The molecule has 0 spiro atoms. The van der Waals surface area contributed by atoms with E-state index in [-0.39, 0.29) is 11.2 Å². The Morgan fingerprint density at radius 3 is 2.00 bits per heavy atom. The fraction of sp³-hybridized carbons (Fsp3) is 1.00. The summed E-state index contributed by atoms with van der Waals surface area (Å²) in [5.41, 5.74) is -0.152. The number of rotatable bonds is 10. The Morgan fingerprint density at radius 2 is 1.47 bits per heavy atom. The van der Waals surface area contributed by atoms with Gasteiger partial charge in [-0.1, -0.05) is 0 Å². The minimum atomic E-state index is -0.0995. The zero-order chi connectivity index (χ0) is 14.9. The SMILES string of the molecule is COCCOC(C)(C)CCN(C)CCOC(C)(C)C. The van der Waals surface area contributed by atoms with Crippen LogP contribution >= 0.6 is 0 Å². The lowest BCUT2D eigenvalue weighted by molar-refractivity contribution is -0.0501. The minimum absolute atomic E-state index is 0.0522. The van der Waals surface area contributed by atoms with Crippen molar-refractivity contribution in [1.29, 1.82) is 0 Å². The second-order valence-electron chi connectivity index (χ2n) is 6.62. The van der Waals surface area contributed by atoms with Crippen LogP contribution in [-0.4, -0.2) is 63.2 Å². The molecule has 0 aliphatic rings. The van der Waals surface area contributed by atoms with E-state index in [1.165, 1.54) is 0 Å². The molecular formula is C15H33NO3. The summed E-state index contributed by atoms with van der Waals surface area (Å²) < 4.78 is 16.5. The van der Waals surface area contributed by atoms with Gasteiger partial charge in [0.1, 0.15) is 0 Å². The topological polar surface area (TPSA) is 30.9 Å². The molecular weight excluding hydrogens is 242 g/mol. The minimum Gasteiger partial charge on any atom is -0.382 e. The van der Waals surface area contributed by atoms with Crippen molar-refractivity contribution in [1.82, 2.24) is 4.90 Å². The number of likely N-dealkylation sites (N-methyl/N-ethyl adjacent to an activating group) is 1. The number of hydrogen-bond donors (Lipinski definition) is 0. The Bertz CT molecular complexity index is 224. The Morgan fingerprint density at radius 1 is 0.842 bits per heavy atom. The quantitative estimate of drug-likeness (QED) is 0.573. The standard InChI is InChI=1S/C15H33NO3/c1-14(2,3)18-11-10-16(6)9-8-15(4,5)19-13-12-17-7/h8-13H2,1-7H3. The molecule has 0 N–H and O–H groups in total. The van der Waals surface area contributed by atoms with E-state index in [1.807, 2.05) is 0 Å². The van der Waals surface area contributed by atoms with Gasteiger partial charge in [-0.15, -0.1) is 0 Å². The number of methoxy groups -OCH3 is 1. The van der Waals surface area contributed by atoms with E-state index in [0.717, 1.165) is 26.1 Å². The van der Waals surface area contributed by atoms with Gasteiger partial charge in [0.05, 0.1) is 31.0 Å². The smallest absolute Gasteiger partial charge is 0.0707 e. The van der Waals surface area contributed by atoms with E-state index < -0.39 is 0 Å². The predicted molar refractivity (Wildman–Crippen MR) is 79.7 cm³/mol. The first-order chi connectivity index (χ1) is 8.66. The number of ether oxygens (including phenoxy) is 3. The first kappa shape index (κ1) is 18.8. The summed E-state index contributed by atoms with van der Waals surface area (Å²) in [6, 6.07) is 0. The van der Waals surface area contributed by atoms with E-state index in [2.05, 4.69) is 46.6 Å². The van der Waals surface area contributed by atoms with E-state index in [9.17, 15) is 0 Å². The van der Waals surface area contributed by atoms with Gasteiger partial charge in [0.25, 0.3) is 0 Å². The van der Waals surface area contributed by atoms with Gasteiger partial charge >= 0.3 is 0 Å². The van der Waals surface area contributed by atoms with Crippen molar-refractivity contribution in [3.63, 3.8) is 0 Å². The van der Waals surface area contributed by atoms with Gasteiger partial charge in [-0.05, 0) is 48.1 Å². The molecule has 19 heavy (non-hydrogen) atoms. The van der Waals surface area contributed by atoms with Crippen molar-refractivity contribution in [3.8, 4) is 0 Å². The molecule has 0 aliphatic heterocycles. The lowest BCUT2D eigenvalue weighted by atomic mass is 10.1. The predicted octanol–water partition coefficient (Wildman–Crippen LogP) is 2.57. The molecule has 0 rings (SSSR count). The Kier molecular flexibility index (Phi) is 8.83. The van der Waals surface area contributed by atoms with Crippen LogP contribution < -0.4 is 0 Å². The third kappa shape index (κ3) is 12.6. The fourth-order valence-corrected chi connectivity index (χ4v) is 1.55. The van der Waals surface area contributed by atoms with E-state index in [4.69, 9.17) is 14.2 Å². The molecule has 0 aromatic carbocycles. The van der Waals surface area contributed by atoms with E-state index in [1.54, 1.807) is 7.11 Å². The first-order valence-corrected chi connectivity index (χ1v) is 7.12. The molecule has 0 unspecified atom stereocenters. The Labute approximate surface area is 119 Å². The fourth-order valence-electron chi connectivity index (χ4n) is 1.55. The summed E-state index contributed by atoms with van der Waals surface area (Å²) in [5.74, 6) is 0. The van der Waals surface area contributed by atoms with Gasteiger partial charge in [0.15, 0.2) is 0 Å². The van der Waals surface area contributed by atoms with Crippen molar-refractivity contribution in [2.45, 2.75) is 52.2 Å². The largest absolute Gasteiger partial charge is 0.382 e. The van der Waals surface area contributed by atoms with E-state index >= 15 is 0 Å². The van der Waals surface area contributed by atoms with Crippen LogP contribution in [0.1, 0.15) is 41.0 Å². The maximum absolute atomic E-state index is 5.80. The monoisotopic (exact) mass is 275 g/mol. The second-order valence-corrected chi connectivity index (χ2v) is 6.62. The van der Waals surface area contributed by atoms with Crippen LogP contribution in [0.2, 0.25) is 0 Å². The maximum atomic E-state index is 5.80. The van der Waals surface area contributed by atoms with Crippen LogP contribution in [0.4, 0.5) is 0 Å².